The van der Waals surface area contributed by atoms with Gasteiger partial charge in [-0.15, -0.1) is 0 Å². The van der Waals surface area contributed by atoms with Gasteiger partial charge in [-0.3, -0.25) is 4.79 Å². The molecule has 0 bridgehead atoms. The fourth-order valence-corrected chi connectivity index (χ4v) is 4.02. The van der Waals surface area contributed by atoms with Crippen LogP contribution in [0, 0.1) is 0 Å². The maximum atomic E-state index is 12.6. The Kier molecular flexibility index (Phi) is 8.98. The average molecular weight is 394 g/mol. The first kappa shape index (κ1) is 22.7. The van der Waals surface area contributed by atoms with E-state index in [1.807, 2.05) is 64.1 Å². The van der Waals surface area contributed by atoms with Gasteiger partial charge >= 0.3 is 0 Å². The molecule has 0 aliphatic heterocycles. The summed E-state index contributed by atoms with van der Waals surface area (Å²) in [6, 6.07) is 20.2. The zero-order valence-corrected chi connectivity index (χ0v) is 18.3. The lowest BCUT2D eigenvalue weighted by molar-refractivity contribution is 0.0911. The van der Waals surface area contributed by atoms with Gasteiger partial charge in [0.25, 0.3) is 5.91 Å². The highest BCUT2D eigenvalue weighted by Crippen LogP contribution is 2.39. The van der Waals surface area contributed by atoms with E-state index < -0.39 is 0 Å². The van der Waals surface area contributed by atoms with E-state index in [4.69, 9.17) is 4.42 Å². The van der Waals surface area contributed by atoms with Crippen molar-refractivity contribution in [1.29, 1.82) is 0 Å². The lowest BCUT2D eigenvalue weighted by Crippen LogP contribution is -2.42. The first-order chi connectivity index (χ1) is 14.3. The molecule has 29 heavy (non-hydrogen) atoms. The predicted molar refractivity (Wildman–Crippen MR) is 122 cm³/mol. The molecule has 1 heterocycles. The fraction of sp³-hybridized carbons (Fsp3) is 0.423. The van der Waals surface area contributed by atoms with E-state index >= 15 is 0 Å². The number of benzene rings is 2. The Hall–Kier alpha value is -2.55. The van der Waals surface area contributed by atoms with E-state index in [-0.39, 0.29) is 11.3 Å². The Morgan fingerprint density at radius 1 is 0.897 bits per heavy atom. The maximum absolute atomic E-state index is 12.6. The quantitative estimate of drug-likeness (QED) is 0.513. The molecule has 4 rings (SSSR count). The van der Waals surface area contributed by atoms with Crippen LogP contribution < -0.4 is 5.32 Å². The Morgan fingerprint density at radius 2 is 1.52 bits per heavy atom. The lowest BCUT2D eigenvalue weighted by Gasteiger charge is -2.38. The molecular weight excluding hydrogens is 358 g/mol. The van der Waals surface area contributed by atoms with Crippen LogP contribution in [-0.4, -0.2) is 12.5 Å². The van der Waals surface area contributed by atoms with Crippen molar-refractivity contribution >= 4 is 16.9 Å². The summed E-state index contributed by atoms with van der Waals surface area (Å²) in [5.74, 6) is 0.261. The van der Waals surface area contributed by atoms with Crippen LogP contribution in [0.4, 0.5) is 0 Å². The van der Waals surface area contributed by atoms with Gasteiger partial charge in [0.05, 0.1) is 0 Å². The number of para-hydroxylation sites is 1. The topological polar surface area (TPSA) is 42.2 Å². The summed E-state index contributed by atoms with van der Waals surface area (Å²) in [6.45, 7) is 8.66. The van der Waals surface area contributed by atoms with Gasteiger partial charge in [0, 0.05) is 17.3 Å². The zero-order chi connectivity index (χ0) is 21.1. The van der Waals surface area contributed by atoms with Crippen LogP contribution in [0.25, 0.3) is 11.0 Å². The van der Waals surface area contributed by atoms with Gasteiger partial charge in [-0.05, 0) is 30.5 Å². The summed E-state index contributed by atoms with van der Waals surface area (Å²) in [6.07, 6.45) is 5.96. The van der Waals surface area contributed by atoms with Crippen LogP contribution in [0.3, 0.4) is 0 Å². The molecule has 1 aromatic heterocycles. The molecule has 1 N–H and O–H groups in total. The van der Waals surface area contributed by atoms with E-state index in [0.717, 1.165) is 23.8 Å². The van der Waals surface area contributed by atoms with Crippen molar-refractivity contribution in [1.82, 2.24) is 5.32 Å². The van der Waals surface area contributed by atoms with Gasteiger partial charge in [0.15, 0.2) is 5.76 Å². The first-order valence-corrected chi connectivity index (χ1v) is 11.1. The molecule has 1 saturated carbocycles. The molecule has 3 aromatic rings. The highest BCUT2D eigenvalue weighted by atomic mass is 16.3. The molecule has 1 amide bonds. The van der Waals surface area contributed by atoms with Crippen molar-refractivity contribution < 1.29 is 9.21 Å². The largest absolute Gasteiger partial charge is 0.451 e. The number of rotatable bonds is 4. The minimum Gasteiger partial charge on any atom is -0.451 e. The average Bonchev–Trinajstić information content (AvgIpc) is 3.26. The van der Waals surface area contributed by atoms with E-state index in [1.165, 1.54) is 24.8 Å². The fourth-order valence-electron chi connectivity index (χ4n) is 4.02. The van der Waals surface area contributed by atoms with Crippen LogP contribution in [0.15, 0.2) is 65.1 Å². The molecule has 0 radical (unpaired) electrons. The molecule has 0 spiro atoms. The summed E-state index contributed by atoms with van der Waals surface area (Å²) < 4.78 is 5.70. The third-order valence-electron chi connectivity index (χ3n) is 5.43. The van der Waals surface area contributed by atoms with Crippen LogP contribution in [0.1, 0.15) is 75.9 Å². The second-order valence-electron chi connectivity index (χ2n) is 7.04. The van der Waals surface area contributed by atoms with Crippen molar-refractivity contribution in [2.24, 2.45) is 0 Å². The van der Waals surface area contributed by atoms with E-state index in [1.54, 1.807) is 0 Å². The van der Waals surface area contributed by atoms with Crippen molar-refractivity contribution in [3.05, 3.63) is 72.0 Å². The molecule has 1 fully saturated rings. The van der Waals surface area contributed by atoms with Crippen molar-refractivity contribution in [2.45, 2.75) is 65.2 Å². The number of amides is 1. The van der Waals surface area contributed by atoms with Crippen molar-refractivity contribution in [2.75, 3.05) is 6.54 Å². The summed E-state index contributed by atoms with van der Waals surface area (Å²) in [4.78, 5) is 12.6. The second kappa shape index (κ2) is 11.5. The smallest absolute Gasteiger partial charge is 0.287 e. The van der Waals surface area contributed by atoms with E-state index in [9.17, 15) is 4.79 Å². The van der Waals surface area contributed by atoms with Gasteiger partial charge in [-0.2, -0.15) is 0 Å². The second-order valence-corrected chi connectivity index (χ2v) is 7.04. The number of carbonyl (C=O) groups is 1. The Bertz CT molecular complexity index is 828. The predicted octanol–water partition coefficient (Wildman–Crippen LogP) is 7.12. The summed E-state index contributed by atoms with van der Waals surface area (Å²) >= 11 is 0. The normalized spacial score (nSPS) is 14.8. The summed E-state index contributed by atoms with van der Waals surface area (Å²) in [5, 5.41) is 4.10. The number of furan rings is 1. The van der Waals surface area contributed by atoms with Crippen LogP contribution >= 0.6 is 0 Å². The third kappa shape index (κ3) is 5.50. The van der Waals surface area contributed by atoms with Crippen LogP contribution in [-0.2, 0) is 5.41 Å². The summed E-state index contributed by atoms with van der Waals surface area (Å²) in [7, 11) is 0. The van der Waals surface area contributed by atoms with Crippen molar-refractivity contribution in [3.8, 4) is 0 Å². The number of nitrogens with one attached hydrogen (secondary N) is 1. The highest BCUT2D eigenvalue weighted by Gasteiger charge is 2.34. The van der Waals surface area contributed by atoms with Crippen LogP contribution in [0.2, 0.25) is 0 Å². The third-order valence-corrected chi connectivity index (χ3v) is 5.43. The molecule has 0 atom stereocenters. The van der Waals surface area contributed by atoms with Gasteiger partial charge in [-0.1, -0.05) is 95.5 Å². The van der Waals surface area contributed by atoms with Gasteiger partial charge in [0.2, 0.25) is 0 Å². The molecule has 3 heteroatoms. The van der Waals surface area contributed by atoms with Gasteiger partial charge in [-0.25, -0.2) is 0 Å². The molecule has 156 valence electrons. The molecule has 1 aliphatic rings. The number of hydrogen-bond donors (Lipinski definition) is 1. The monoisotopic (exact) mass is 393 g/mol. The molecule has 1 aliphatic carbocycles. The van der Waals surface area contributed by atoms with E-state index in [0.29, 0.717) is 12.3 Å². The Labute approximate surface area is 175 Å². The molecule has 3 nitrogen and oxygen atoms in total. The minimum atomic E-state index is -0.128. The Balaban J connectivity index is 0.000000707. The first-order valence-electron chi connectivity index (χ1n) is 11.1. The standard InChI is InChI=1S/C22H23NO2.2C2H6/c24-21(20-15-17-9-5-6-12-19(17)25-20)23-16-22(13-7-2-8-14-22)18-10-3-1-4-11-18;2*1-2/h1,3-6,9-12,15H,2,7-8,13-14,16H2,(H,23,24);2*1-2H3. The highest BCUT2D eigenvalue weighted by molar-refractivity contribution is 5.96. The lowest BCUT2D eigenvalue weighted by atomic mass is 9.69. The van der Waals surface area contributed by atoms with Crippen molar-refractivity contribution in [3.63, 3.8) is 0 Å². The molecule has 2 aromatic carbocycles. The maximum Gasteiger partial charge on any atom is 0.287 e. The van der Waals surface area contributed by atoms with Gasteiger partial charge in [0.1, 0.15) is 5.58 Å². The number of carbonyl (C=O) groups excluding carboxylic acids is 1. The van der Waals surface area contributed by atoms with Gasteiger partial charge < -0.3 is 9.73 Å². The zero-order valence-electron chi connectivity index (χ0n) is 18.3. The van der Waals surface area contributed by atoms with Crippen LogP contribution in [0.5, 0.6) is 0 Å². The minimum absolute atomic E-state index is 0.0428. The Morgan fingerprint density at radius 3 is 2.17 bits per heavy atom. The number of hydrogen-bond acceptors (Lipinski definition) is 2. The summed E-state index contributed by atoms with van der Waals surface area (Å²) in [5.41, 5.74) is 2.13. The van der Waals surface area contributed by atoms with E-state index in [2.05, 4.69) is 29.6 Å². The molecule has 0 saturated heterocycles. The molecule has 0 unspecified atom stereocenters. The SMILES string of the molecule is CC.CC.O=C(NCC1(c2ccccc2)CCCCC1)c1cc2ccccc2o1. The number of fused-ring (bicyclic) bond motifs is 1. The molecular formula is C26H35NO2.